The van der Waals surface area contributed by atoms with Crippen LogP contribution in [0.5, 0.6) is 0 Å². The SMILES string of the molecule is C.CC(C)(C)OC(=O)N1CCN(Cc2cc(F)cc([N+](=O)[O-])c2)CC1.O=Cc1cc(F)cc([N+](=O)[O-])c1.[2HH]. The van der Waals surface area contributed by atoms with Crippen molar-refractivity contribution in [3.63, 3.8) is 0 Å². The van der Waals surface area contributed by atoms with Crippen molar-refractivity contribution < 1.29 is 34.4 Å². The molecule has 0 saturated carbocycles. The number of ether oxygens (including phenoxy) is 1. The summed E-state index contributed by atoms with van der Waals surface area (Å²) in [6, 6.07) is 6.28. The highest BCUT2D eigenvalue weighted by molar-refractivity contribution is 5.76. The molecule has 2 aromatic rings. The summed E-state index contributed by atoms with van der Waals surface area (Å²) < 4.78 is 31.3. The number of non-ortho nitro benzene ring substituents is 2. The van der Waals surface area contributed by atoms with E-state index in [2.05, 4.69) is 0 Å². The minimum absolute atomic E-state index is 0. The molecule has 0 aliphatic carbocycles. The molecular weight excluding hydrogens is 494 g/mol. The van der Waals surface area contributed by atoms with E-state index >= 15 is 0 Å². The van der Waals surface area contributed by atoms with Crippen LogP contribution in [-0.4, -0.2) is 63.8 Å². The van der Waals surface area contributed by atoms with E-state index in [0.717, 1.165) is 24.3 Å². The van der Waals surface area contributed by atoms with Gasteiger partial charge in [-0.3, -0.25) is 29.9 Å². The van der Waals surface area contributed by atoms with E-state index in [1.807, 2.05) is 25.7 Å². The van der Waals surface area contributed by atoms with Gasteiger partial charge in [-0.1, -0.05) is 7.43 Å². The zero-order valence-corrected chi connectivity index (χ0v) is 20.0. The third-order valence-electron chi connectivity index (χ3n) is 4.84. The minimum atomic E-state index is -0.786. The molecule has 1 aliphatic heterocycles. The molecule has 1 amide bonds. The Bertz CT molecular complexity index is 1140. The first-order valence-corrected chi connectivity index (χ1v) is 10.8. The normalized spacial score (nSPS) is 13.5. The fourth-order valence-corrected chi connectivity index (χ4v) is 3.27. The summed E-state index contributed by atoms with van der Waals surface area (Å²) in [5.74, 6) is -1.40. The van der Waals surface area contributed by atoms with Gasteiger partial charge in [0, 0.05) is 51.8 Å². The lowest BCUT2D eigenvalue weighted by Gasteiger charge is -2.35. The molecule has 0 aromatic heterocycles. The van der Waals surface area contributed by atoms with Crippen LogP contribution in [0.3, 0.4) is 0 Å². The Morgan fingerprint density at radius 1 is 0.973 bits per heavy atom. The van der Waals surface area contributed by atoms with Crippen LogP contribution in [0.1, 0.15) is 45.5 Å². The maximum Gasteiger partial charge on any atom is 0.410 e. The Morgan fingerprint density at radius 2 is 1.49 bits per heavy atom. The number of carbonyl (C=O) groups excluding carboxylic acids is 2. The number of hydrogen-bond donors (Lipinski definition) is 0. The zero-order valence-electron chi connectivity index (χ0n) is 20.0. The van der Waals surface area contributed by atoms with Crippen molar-refractivity contribution in [2.24, 2.45) is 0 Å². The second kappa shape index (κ2) is 13.3. The second-order valence-corrected chi connectivity index (χ2v) is 8.94. The topological polar surface area (TPSA) is 136 Å². The number of nitrogens with zero attached hydrogens (tertiary/aromatic N) is 4. The van der Waals surface area contributed by atoms with Crippen LogP contribution in [0.2, 0.25) is 0 Å². The molecule has 2 aromatic carbocycles. The van der Waals surface area contributed by atoms with E-state index in [1.54, 1.807) is 4.90 Å². The van der Waals surface area contributed by atoms with Crippen molar-refractivity contribution in [3.05, 3.63) is 79.4 Å². The second-order valence-electron chi connectivity index (χ2n) is 8.94. The molecular formula is C24H32F2N4O7. The maximum atomic E-state index is 13.5. The molecule has 0 unspecified atom stereocenters. The van der Waals surface area contributed by atoms with E-state index in [-0.39, 0.29) is 26.2 Å². The monoisotopic (exact) mass is 527 g/mol. The first kappa shape index (κ1) is 31.0. The van der Waals surface area contributed by atoms with Crippen LogP contribution in [-0.2, 0) is 11.3 Å². The molecule has 37 heavy (non-hydrogen) atoms. The number of carbonyl (C=O) groups is 2. The maximum absolute atomic E-state index is 13.5. The summed E-state index contributed by atoms with van der Waals surface area (Å²) in [6.45, 7) is 8.07. The zero-order chi connectivity index (χ0) is 27.0. The van der Waals surface area contributed by atoms with E-state index in [0.29, 0.717) is 44.6 Å². The van der Waals surface area contributed by atoms with E-state index in [4.69, 9.17) is 4.74 Å². The molecule has 1 aliphatic rings. The Hall–Kier alpha value is -4.00. The van der Waals surface area contributed by atoms with Crippen LogP contribution in [0.4, 0.5) is 25.0 Å². The number of halogens is 2. The lowest BCUT2D eigenvalue weighted by atomic mass is 10.1. The molecule has 3 rings (SSSR count). The van der Waals surface area contributed by atoms with Gasteiger partial charge in [0.2, 0.25) is 0 Å². The third-order valence-corrected chi connectivity index (χ3v) is 4.84. The van der Waals surface area contributed by atoms with Crippen LogP contribution < -0.4 is 0 Å². The molecule has 1 fully saturated rings. The number of benzene rings is 2. The van der Waals surface area contributed by atoms with Crippen molar-refractivity contribution >= 4 is 23.8 Å². The van der Waals surface area contributed by atoms with Crippen LogP contribution in [0.25, 0.3) is 0 Å². The highest BCUT2D eigenvalue weighted by Crippen LogP contribution is 2.19. The highest BCUT2D eigenvalue weighted by atomic mass is 19.1. The molecule has 11 nitrogen and oxygen atoms in total. The number of rotatable bonds is 5. The van der Waals surface area contributed by atoms with Crippen molar-refractivity contribution in [1.82, 2.24) is 9.80 Å². The van der Waals surface area contributed by atoms with Gasteiger partial charge in [-0.2, -0.15) is 0 Å². The van der Waals surface area contributed by atoms with Crippen molar-refractivity contribution in [1.29, 1.82) is 0 Å². The molecule has 0 spiro atoms. The summed E-state index contributed by atoms with van der Waals surface area (Å²) in [5.41, 5.74) is -0.696. The number of amides is 1. The Balaban J connectivity index is 0.000000831. The molecule has 0 radical (unpaired) electrons. The predicted octanol–water partition coefficient (Wildman–Crippen LogP) is 5.22. The molecule has 1 saturated heterocycles. The summed E-state index contributed by atoms with van der Waals surface area (Å²) in [5, 5.41) is 20.9. The lowest BCUT2D eigenvalue weighted by Crippen LogP contribution is -2.49. The number of nitro benzene ring substituents is 2. The largest absolute Gasteiger partial charge is 0.444 e. The molecule has 13 heteroatoms. The third kappa shape index (κ3) is 10.3. The van der Waals surface area contributed by atoms with Gasteiger partial charge in [-0.05, 0) is 38.5 Å². The number of aldehydes is 1. The molecule has 0 atom stereocenters. The average Bonchev–Trinajstić information content (AvgIpc) is 2.78. The fourth-order valence-electron chi connectivity index (χ4n) is 3.27. The fraction of sp³-hybridized carbons (Fsp3) is 0.417. The van der Waals surface area contributed by atoms with E-state index in [1.165, 1.54) is 12.1 Å². The van der Waals surface area contributed by atoms with Crippen molar-refractivity contribution in [3.8, 4) is 0 Å². The summed E-state index contributed by atoms with van der Waals surface area (Å²) in [7, 11) is 0. The molecule has 0 bridgehead atoms. The smallest absolute Gasteiger partial charge is 0.410 e. The summed E-state index contributed by atoms with van der Waals surface area (Å²) in [6.07, 6.45) is 0.0133. The Kier molecular flexibility index (Phi) is 11.2. The molecule has 204 valence electrons. The number of nitro groups is 2. The number of hydrogen-bond acceptors (Lipinski definition) is 8. The first-order chi connectivity index (χ1) is 16.8. The molecule has 1 heterocycles. The van der Waals surface area contributed by atoms with Gasteiger partial charge in [0.25, 0.3) is 11.4 Å². The Morgan fingerprint density at radius 3 is 1.97 bits per heavy atom. The van der Waals surface area contributed by atoms with Crippen molar-refractivity contribution in [2.45, 2.75) is 40.3 Å². The van der Waals surface area contributed by atoms with Gasteiger partial charge in [0.05, 0.1) is 22.0 Å². The van der Waals surface area contributed by atoms with Crippen LogP contribution in [0, 0.1) is 31.9 Å². The van der Waals surface area contributed by atoms with E-state index in [9.17, 15) is 38.6 Å². The van der Waals surface area contributed by atoms with Gasteiger partial charge in [-0.15, -0.1) is 0 Å². The van der Waals surface area contributed by atoms with Crippen molar-refractivity contribution in [2.75, 3.05) is 26.2 Å². The standard InChI is InChI=1S/C16H22FN3O4.C7H4FNO3.CH4.H2/c1-16(2,3)24-15(21)19-6-4-18(5-7-19)11-12-8-13(17)10-14(9-12)20(22)23;8-6-1-5(4-10)2-7(3-6)9(11)12;;/h8-10H,4-7,11H2,1-3H3;1-4H;1H4;1H/i;;;1+1. The molecule has 0 N–H and O–H groups in total. The Labute approximate surface area is 214 Å². The lowest BCUT2D eigenvalue weighted by molar-refractivity contribution is -0.385. The van der Waals surface area contributed by atoms with Crippen LogP contribution in [0.15, 0.2) is 36.4 Å². The van der Waals surface area contributed by atoms with Gasteiger partial charge in [0.1, 0.15) is 23.5 Å². The first-order valence-electron chi connectivity index (χ1n) is 10.8. The van der Waals surface area contributed by atoms with Crippen LogP contribution >= 0.6 is 0 Å². The summed E-state index contributed by atoms with van der Waals surface area (Å²) in [4.78, 5) is 45.4. The van der Waals surface area contributed by atoms with Gasteiger partial charge in [-0.25, -0.2) is 13.6 Å². The average molecular weight is 528 g/mol. The number of piperazine rings is 1. The highest BCUT2D eigenvalue weighted by Gasteiger charge is 2.26. The minimum Gasteiger partial charge on any atom is -0.444 e. The van der Waals surface area contributed by atoms with Gasteiger partial charge >= 0.3 is 6.09 Å². The summed E-state index contributed by atoms with van der Waals surface area (Å²) >= 11 is 0. The van der Waals surface area contributed by atoms with E-state index < -0.39 is 32.8 Å². The van der Waals surface area contributed by atoms with Gasteiger partial charge < -0.3 is 9.64 Å². The predicted molar refractivity (Wildman–Crippen MR) is 133 cm³/mol. The van der Waals surface area contributed by atoms with Gasteiger partial charge in [0.15, 0.2) is 0 Å². The quantitative estimate of drug-likeness (QED) is 0.293.